The van der Waals surface area contributed by atoms with E-state index in [0.717, 1.165) is 42.0 Å². The van der Waals surface area contributed by atoms with Gasteiger partial charge in [-0.15, -0.1) is 0 Å². The second kappa shape index (κ2) is 9.70. The minimum Gasteiger partial charge on any atom is -0.497 e. The molecule has 2 atom stereocenters. The van der Waals surface area contributed by atoms with Crippen molar-refractivity contribution in [1.82, 2.24) is 20.4 Å². The van der Waals surface area contributed by atoms with Gasteiger partial charge in [-0.3, -0.25) is 9.69 Å². The van der Waals surface area contributed by atoms with E-state index in [1.165, 1.54) is 0 Å². The third-order valence-corrected chi connectivity index (χ3v) is 6.73. The number of amides is 1. The molecule has 0 radical (unpaired) electrons. The molecular weight excluding hydrogens is 444 g/mol. The second-order valence-electron chi connectivity index (χ2n) is 9.98. The molecule has 2 unspecified atom stereocenters. The molecule has 1 amide bonds. The molecule has 2 aliphatic heterocycles. The number of hydrogen-bond donors (Lipinski definition) is 1. The van der Waals surface area contributed by atoms with E-state index in [0.29, 0.717) is 31.2 Å². The number of nitrogens with one attached hydrogen (secondary N) is 1. The van der Waals surface area contributed by atoms with Crippen LogP contribution in [0.1, 0.15) is 50.6 Å². The van der Waals surface area contributed by atoms with Crippen LogP contribution in [0.4, 0.5) is 0 Å². The summed E-state index contributed by atoms with van der Waals surface area (Å²) in [5.74, 6) is 2.68. The van der Waals surface area contributed by atoms with E-state index < -0.39 is 0 Å². The first-order chi connectivity index (χ1) is 16.9. The Kier molecular flexibility index (Phi) is 6.47. The van der Waals surface area contributed by atoms with Gasteiger partial charge in [-0.1, -0.05) is 35.5 Å². The topological polar surface area (TPSA) is 89.7 Å². The molecule has 1 N–H and O–H groups in total. The van der Waals surface area contributed by atoms with Crippen LogP contribution in [0, 0.1) is 5.92 Å². The fraction of sp³-hybridized carbons (Fsp3) is 0.444. The van der Waals surface area contributed by atoms with Gasteiger partial charge in [0.1, 0.15) is 17.1 Å². The van der Waals surface area contributed by atoms with E-state index in [4.69, 9.17) is 14.0 Å². The molecule has 2 aromatic carbocycles. The van der Waals surface area contributed by atoms with Crippen LogP contribution >= 0.6 is 0 Å². The van der Waals surface area contributed by atoms with Crippen LogP contribution in [0.3, 0.4) is 0 Å². The SMILES string of the molecule is COc1ccc2c(c1)C(NC(=O)C1CCCN(Cc3nc(-c4ccccc4)no3)C1)CC(C)(C)O2. The van der Waals surface area contributed by atoms with E-state index in [1.54, 1.807) is 7.11 Å². The van der Waals surface area contributed by atoms with Gasteiger partial charge in [-0.25, -0.2) is 0 Å². The molecular formula is C27H32N4O4. The molecule has 3 aromatic rings. The van der Waals surface area contributed by atoms with Gasteiger partial charge in [0.2, 0.25) is 17.6 Å². The molecule has 8 nitrogen and oxygen atoms in total. The number of likely N-dealkylation sites (tertiary alicyclic amines) is 1. The maximum absolute atomic E-state index is 13.4. The predicted molar refractivity (Wildman–Crippen MR) is 131 cm³/mol. The van der Waals surface area contributed by atoms with Crippen LogP contribution in [0.25, 0.3) is 11.4 Å². The lowest BCUT2D eigenvalue weighted by Crippen LogP contribution is -2.46. The number of methoxy groups -OCH3 is 1. The van der Waals surface area contributed by atoms with E-state index in [1.807, 2.05) is 48.5 Å². The summed E-state index contributed by atoms with van der Waals surface area (Å²) in [4.78, 5) is 20.1. The Morgan fingerprint density at radius 1 is 1.23 bits per heavy atom. The molecule has 1 saturated heterocycles. The highest BCUT2D eigenvalue weighted by atomic mass is 16.5. The first-order valence-corrected chi connectivity index (χ1v) is 12.2. The van der Waals surface area contributed by atoms with Crippen molar-refractivity contribution in [3.8, 4) is 22.9 Å². The number of fused-ring (bicyclic) bond motifs is 1. The van der Waals surface area contributed by atoms with Crippen LogP contribution in [0.5, 0.6) is 11.5 Å². The van der Waals surface area contributed by atoms with Crippen molar-refractivity contribution in [1.29, 1.82) is 0 Å². The van der Waals surface area contributed by atoms with Crippen LogP contribution in [0.15, 0.2) is 53.1 Å². The van der Waals surface area contributed by atoms with Gasteiger partial charge in [0.15, 0.2) is 0 Å². The van der Waals surface area contributed by atoms with Gasteiger partial charge < -0.3 is 19.3 Å². The number of carbonyl (C=O) groups excluding carboxylic acids is 1. The molecule has 1 aromatic heterocycles. The second-order valence-corrected chi connectivity index (χ2v) is 9.98. The zero-order valence-corrected chi connectivity index (χ0v) is 20.5. The van der Waals surface area contributed by atoms with Crippen molar-refractivity contribution < 1.29 is 18.8 Å². The molecule has 0 aliphatic carbocycles. The maximum atomic E-state index is 13.4. The Balaban J connectivity index is 1.24. The minimum absolute atomic E-state index is 0.0710. The largest absolute Gasteiger partial charge is 0.497 e. The van der Waals surface area contributed by atoms with Gasteiger partial charge in [-0.05, 0) is 51.4 Å². The lowest BCUT2D eigenvalue weighted by Gasteiger charge is -2.39. The molecule has 0 bridgehead atoms. The van der Waals surface area contributed by atoms with E-state index in [-0.39, 0.29) is 23.5 Å². The third-order valence-electron chi connectivity index (χ3n) is 6.73. The molecule has 0 saturated carbocycles. The number of hydrogen-bond acceptors (Lipinski definition) is 7. The molecule has 0 spiro atoms. The Bertz CT molecular complexity index is 1180. The lowest BCUT2D eigenvalue weighted by molar-refractivity contribution is -0.128. The van der Waals surface area contributed by atoms with E-state index in [9.17, 15) is 4.79 Å². The average molecular weight is 477 g/mol. The Morgan fingerprint density at radius 2 is 2.06 bits per heavy atom. The van der Waals surface area contributed by atoms with E-state index >= 15 is 0 Å². The fourth-order valence-corrected chi connectivity index (χ4v) is 5.01. The summed E-state index contributed by atoms with van der Waals surface area (Å²) in [6.45, 7) is 6.20. The van der Waals surface area contributed by atoms with Crippen molar-refractivity contribution >= 4 is 5.91 Å². The smallest absolute Gasteiger partial charge is 0.241 e. The highest BCUT2D eigenvalue weighted by Gasteiger charge is 2.36. The quantitative estimate of drug-likeness (QED) is 0.565. The molecule has 5 rings (SSSR count). The maximum Gasteiger partial charge on any atom is 0.241 e. The summed E-state index contributed by atoms with van der Waals surface area (Å²) in [7, 11) is 1.64. The number of carbonyl (C=O) groups is 1. The fourth-order valence-electron chi connectivity index (χ4n) is 5.01. The Labute approximate surface area is 205 Å². The summed E-state index contributed by atoms with van der Waals surface area (Å²) in [6.07, 6.45) is 2.50. The van der Waals surface area contributed by atoms with Gasteiger partial charge in [-0.2, -0.15) is 4.98 Å². The summed E-state index contributed by atoms with van der Waals surface area (Å²) < 4.78 is 17.1. The monoisotopic (exact) mass is 476 g/mol. The van der Waals surface area contributed by atoms with Gasteiger partial charge in [0.25, 0.3) is 0 Å². The third kappa shape index (κ3) is 5.32. The molecule has 2 aliphatic rings. The van der Waals surface area contributed by atoms with Crippen molar-refractivity contribution in [2.24, 2.45) is 5.92 Å². The summed E-state index contributed by atoms with van der Waals surface area (Å²) >= 11 is 0. The number of ether oxygens (including phenoxy) is 2. The Hall–Kier alpha value is -3.39. The molecule has 3 heterocycles. The van der Waals surface area contributed by atoms with E-state index in [2.05, 4.69) is 34.2 Å². The number of benzene rings is 2. The van der Waals surface area contributed by atoms with Gasteiger partial charge >= 0.3 is 0 Å². The zero-order valence-electron chi connectivity index (χ0n) is 20.5. The van der Waals surface area contributed by atoms with Crippen molar-refractivity contribution in [2.45, 2.75) is 51.3 Å². The summed E-state index contributed by atoms with van der Waals surface area (Å²) in [5.41, 5.74) is 1.52. The molecule has 8 heteroatoms. The van der Waals surface area contributed by atoms with Gasteiger partial charge in [0, 0.05) is 24.1 Å². The molecule has 1 fully saturated rings. The van der Waals surface area contributed by atoms with Gasteiger partial charge in [0.05, 0.1) is 25.6 Å². The minimum atomic E-state index is -0.368. The van der Waals surface area contributed by atoms with Crippen LogP contribution in [0.2, 0.25) is 0 Å². The highest BCUT2D eigenvalue weighted by Crippen LogP contribution is 2.41. The van der Waals surface area contributed by atoms with Crippen molar-refractivity contribution in [3.05, 3.63) is 60.0 Å². The normalized spacial score (nSPS) is 21.6. The average Bonchev–Trinajstić information content (AvgIpc) is 3.32. The number of piperidine rings is 1. The summed E-state index contributed by atoms with van der Waals surface area (Å²) in [6, 6.07) is 15.4. The molecule has 35 heavy (non-hydrogen) atoms. The van der Waals surface area contributed by atoms with Crippen LogP contribution in [-0.2, 0) is 11.3 Å². The van der Waals surface area contributed by atoms with Crippen LogP contribution in [-0.4, -0.2) is 46.7 Å². The number of rotatable bonds is 6. The Morgan fingerprint density at radius 3 is 2.86 bits per heavy atom. The van der Waals surface area contributed by atoms with Crippen molar-refractivity contribution in [2.75, 3.05) is 20.2 Å². The predicted octanol–water partition coefficient (Wildman–Crippen LogP) is 4.38. The number of aromatic nitrogens is 2. The first kappa shape index (κ1) is 23.4. The standard InChI is InChI=1S/C27H32N4O4/c1-27(2)15-22(21-14-20(33-3)11-12-23(21)34-27)28-26(32)19-10-7-13-31(16-19)17-24-29-25(30-35-24)18-8-5-4-6-9-18/h4-6,8-9,11-12,14,19,22H,7,10,13,15-17H2,1-3H3,(H,28,32). The first-order valence-electron chi connectivity index (χ1n) is 12.2. The van der Waals surface area contributed by atoms with Crippen LogP contribution < -0.4 is 14.8 Å². The zero-order chi connectivity index (χ0) is 24.4. The summed E-state index contributed by atoms with van der Waals surface area (Å²) in [5, 5.41) is 7.43. The number of nitrogens with zero attached hydrogens (tertiary/aromatic N) is 3. The molecule has 184 valence electrons. The van der Waals surface area contributed by atoms with Crippen molar-refractivity contribution in [3.63, 3.8) is 0 Å². The highest BCUT2D eigenvalue weighted by molar-refractivity contribution is 5.79. The lowest BCUT2D eigenvalue weighted by atomic mass is 9.88.